The normalized spacial score (nSPS) is 20.3. The number of carbonyl (C=O) groups excluding carboxylic acids is 3. The predicted molar refractivity (Wildman–Crippen MR) is 134 cm³/mol. The van der Waals surface area contributed by atoms with Crippen molar-refractivity contribution in [3.63, 3.8) is 0 Å². The van der Waals surface area contributed by atoms with Gasteiger partial charge >= 0.3 is 12.2 Å². The van der Waals surface area contributed by atoms with E-state index < -0.39 is 35.8 Å². The lowest BCUT2D eigenvalue weighted by Crippen LogP contribution is -2.75. The lowest BCUT2D eigenvalue weighted by molar-refractivity contribution is -0.188. The van der Waals surface area contributed by atoms with Crippen molar-refractivity contribution in [3.8, 4) is 0 Å². The minimum absolute atomic E-state index is 0.0717. The smallest absolute Gasteiger partial charge is 0.333 e. The van der Waals surface area contributed by atoms with Gasteiger partial charge in [-0.1, -0.05) is 44.0 Å². The zero-order valence-electron chi connectivity index (χ0n) is 21.7. The number of rotatable bonds is 7. The summed E-state index contributed by atoms with van der Waals surface area (Å²) in [7, 11) is 1.58. The molecule has 2 aromatic carbocycles. The number of alkyl halides is 3. The van der Waals surface area contributed by atoms with Gasteiger partial charge in [0.05, 0.1) is 18.7 Å². The fourth-order valence-corrected chi connectivity index (χ4v) is 5.05. The number of unbranched alkanes of at least 4 members (excludes halogenated alkanes) is 1. The van der Waals surface area contributed by atoms with Crippen LogP contribution in [-0.4, -0.2) is 70.0 Å². The van der Waals surface area contributed by atoms with E-state index in [1.807, 2.05) is 6.92 Å². The molecule has 2 fully saturated rings. The van der Waals surface area contributed by atoms with Crippen molar-refractivity contribution < 1.29 is 31.9 Å². The molecule has 2 heterocycles. The average molecular weight is 550 g/mol. The third-order valence-electron chi connectivity index (χ3n) is 6.96. The Bertz CT molecular complexity index is 1210. The highest BCUT2D eigenvalue weighted by Crippen LogP contribution is 2.32. The van der Waals surface area contributed by atoms with Crippen LogP contribution in [0.3, 0.4) is 0 Å². The summed E-state index contributed by atoms with van der Waals surface area (Å²) in [4.78, 5) is 42.9. The molecule has 2 aliphatic rings. The number of hydrogen-bond acceptors (Lipinski definition) is 4. The first-order chi connectivity index (χ1) is 18.5. The molecule has 0 unspecified atom stereocenters. The molecule has 4 amide bonds. The van der Waals surface area contributed by atoms with Gasteiger partial charge in [0, 0.05) is 20.1 Å². The van der Waals surface area contributed by atoms with Crippen LogP contribution in [0.1, 0.15) is 42.9 Å². The average Bonchev–Trinajstić information content (AvgIpc) is 2.88. The van der Waals surface area contributed by atoms with Gasteiger partial charge in [-0.05, 0) is 41.8 Å². The van der Waals surface area contributed by atoms with Crippen molar-refractivity contribution in [1.29, 1.82) is 0 Å². The number of nitrogens with one attached hydrogen (secondary N) is 1. The van der Waals surface area contributed by atoms with Gasteiger partial charge in [-0.15, -0.1) is 0 Å². The fraction of sp³-hybridized carbons (Fsp3) is 0.444. The SMILES string of the molecule is CCCC[C@H]1C(=O)N(Cc2cccc(C(F)(F)F)c2)C[C@H]2N1C(=O)CN(C)N2C(=O)NCc1ccc(F)cc1. The van der Waals surface area contributed by atoms with Crippen LogP contribution in [0.15, 0.2) is 48.5 Å². The Hall–Kier alpha value is -3.67. The topological polar surface area (TPSA) is 76.2 Å². The number of urea groups is 1. The monoisotopic (exact) mass is 549 g/mol. The van der Waals surface area contributed by atoms with Gasteiger partial charge in [0.25, 0.3) is 0 Å². The molecule has 210 valence electrons. The molecule has 2 aliphatic heterocycles. The van der Waals surface area contributed by atoms with Crippen molar-refractivity contribution in [3.05, 3.63) is 71.0 Å². The molecule has 2 atom stereocenters. The Morgan fingerprint density at radius 1 is 1.08 bits per heavy atom. The third-order valence-corrected chi connectivity index (χ3v) is 6.96. The van der Waals surface area contributed by atoms with E-state index in [4.69, 9.17) is 0 Å². The second kappa shape index (κ2) is 11.6. The van der Waals surface area contributed by atoms with E-state index in [-0.39, 0.29) is 38.0 Å². The predicted octanol–water partition coefficient (Wildman–Crippen LogP) is 3.97. The van der Waals surface area contributed by atoms with E-state index in [1.54, 1.807) is 19.2 Å². The highest BCUT2D eigenvalue weighted by molar-refractivity contribution is 5.91. The summed E-state index contributed by atoms with van der Waals surface area (Å²) in [6.07, 6.45) is -3.59. The summed E-state index contributed by atoms with van der Waals surface area (Å²) in [6.45, 7) is 1.77. The van der Waals surface area contributed by atoms with Crippen molar-refractivity contribution in [1.82, 2.24) is 25.1 Å². The minimum atomic E-state index is -4.53. The molecule has 2 saturated heterocycles. The Labute approximate surface area is 224 Å². The molecule has 0 radical (unpaired) electrons. The van der Waals surface area contributed by atoms with E-state index in [0.717, 1.165) is 18.6 Å². The van der Waals surface area contributed by atoms with Gasteiger partial charge < -0.3 is 15.1 Å². The van der Waals surface area contributed by atoms with Crippen molar-refractivity contribution in [2.45, 2.75) is 57.7 Å². The highest BCUT2D eigenvalue weighted by Gasteiger charge is 2.50. The summed E-state index contributed by atoms with van der Waals surface area (Å²) >= 11 is 0. The molecule has 0 aromatic heterocycles. The van der Waals surface area contributed by atoms with Crippen molar-refractivity contribution in [2.75, 3.05) is 20.1 Å². The zero-order valence-corrected chi connectivity index (χ0v) is 21.7. The van der Waals surface area contributed by atoms with E-state index in [1.165, 1.54) is 44.1 Å². The molecule has 0 aliphatic carbocycles. The standard InChI is InChI=1S/C27H31F4N5O3/c1-3-4-8-22-25(38)34(15-19-6-5-7-20(13-19)27(29,30)31)16-23-35(22)24(37)17-33(2)36(23)26(39)32-14-18-9-11-21(28)12-10-18/h5-7,9-13,22-23H,3-4,8,14-17H2,1-2H3,(H,32,39)/t22-,23-/m0/s1. The van der Waals surface area contributed by atoms with Crippen molar-refractivity contribution >= 4 is 17.8 Å². The maximum Gasteiger partial charge on any atom is 0.416 e. The number of piperazine rings is 1. The number of nitrogens with zero attached hydrogens (tertiary/aromatic N) is 4. The number of fused-ring (bicyclic) bond motifs is 1. The second-order valence-electron chi connectivity index (χ2n) is 9.80. The first-order valence-electron chi connectivity index (χ1n) is 12.8. The second-order valence-corrected chi connectivity index (χ2v) is 9.80. The number of benzene rings is 2. The maximum absolute atomic E-state index is 13.6. The number of hydrazine groups is 1. The van der Waals surface area contributed by atoms with Gasteiger partial charge in [0.2, 0.25) is 11.8 Å². The quantitative estimate of drug-likeness (QED) is 0.531. The Morgan fingerprint density at radius 3 is 2.46 bits per heavy atom. The van der Waals surface area contributed by atoms with Crippen LogP contribution in [-0.2, 0) is 28.9 Å². The lowest BCUT2D eigenvalue weighted by atomic mass is 10.00. The molecular formula is C27H31F4N5O3. The van der Waals surface area contributed by atoms with Gasteiger partial charge in [0.15, 0.2) is 0 Å². The number of halogens is 4. The Morgan fingerprint density at radius 2 is 1.79 bits per heavy atom. The van der Waals surface area contributed by atoms with E-state index >= 15 is 0 Å². The van der Waals surface area contributed by atoms with Crippen LogP contribution in [0.5, 0.6) is 0 Å². The first-order valence-corrected chi connectivity index (χ1v) is 12.8. The molecule has 8 nitrogen and oxygen atoms in total. The summed E-state index contributed by atoms with van der Waals surface area (Å²) in [5.41, 5.74) is 0.148. The fourth-order valence-electron chi connectivity index (χ4n) is 5.05. The lowest BCUT2D eigenvalue weighted by Gasteiger charge is -2.54. The summed E-state index contributed by atoms with van der Waals surface area (Å²) in [5, 5.41) is 5.62. The van der Waals surface area contributed by atoms with Crippen LogP contribution in [0.25, 0.3) is 0 Å². The summed E-state index contributed by atoms with van der Waals surface area (Å²) in [6, 6.07) is 9.07. The van der Waals surface area contributed by atoms with Crippen LogP contribution in [0.4, 0.5) is 22.4 Å². The number of carbonyl (C=O) groups is 3. The molecule has 4 rings (SSSR count). The molecule has 0 spiro atoms. The minimum Gasteiger partial charge on any atom is -0.333 e. The van der Waals surface area contributed by atoms with Gasteiger partial charge in [-0.25, -0.2) is 19.2 Å². The van der Waals surface area contributed by atoms with Crippen LogP contribution >= 0.6 is 0 Å². The van der Waals surface area contributed by atoms with Crippen LogP contribution in [0, 0.1) is 5.82 Å². The van der Waals surface area contributed by atoms with Gasteiger partial charge in [-0.2, -0.15) is 13.2 Å². The molecule has 2 aromatic rings. The number of likely N-dealkylation sites (N-methyl/N-ethyl adjacent to an activating group) is 1. The van der Waals surface area contributed by atoms with Gasteiger partial charge in [0.1, 0.15) is 18.0 Å². The molecule has 12 heteroatoms. The molecule has 0 bridgehead atoms. The summed E-state index contributed by atoms with van der Waals surface area (Å²) in [5.74, 6) is -1.07. The Balaban J connectivity index is 1.60. The highest BCUT2D eigenvalue weighted by atomic mass is 19.4. The molecule has 0 saturated carbocycles. The van der Waals surface area contributed by atoms with Crippen LogP contribution in [0.2, 0.25) is 0 Å². The van der Waals surface area contributed by atoms with E-state index in [9.17, 15) is 31.9 Å². The van der Waals surface area contributed by atoms with E-state index in [2.05, 4.69) is 5.32 Å². The molecule has 39 heavy (non-hydrogen) atoms. The number of amides is 4. The Kier molecular flexibility index (Phi) is 8.43. The van der Waals surface area contributed by atoms with E-state index in [0.29, 0.717) is 24.0 Å². The molecular weight excluding hydrogens is 518 g/mol. The third kappa shape index (κ3) is 6.32. The zero-order chi connectivity index (χ0) is 28.3. The first kappa shape index (κ1) is 28.3. The summed E-state index contributed by atoms with van der Waals surface area (Å²) < 4.78 is 53.1. The molecule has 1 N–H and O–H groups in total. The van der Waals surface area contributed by atoms with Crippen molar-refractivity contribution in [2.24, 2.45) is 0 Å². The largest absolute Gasteiger partial charge is 0.416 e. The number of hydrogen-bond donors (Lipinski definition) is 1. The van der Waals surface area contributed by atoms with Crippen LogP contribution < -0.4 is 5.32 Å². The van der Waals surface area contributed by atoms with Gasteiger partial charge in [-0.3, -0.25) is 9.59 Å². The maximum atomic E-state index is 13.6.